The fourth-order valence-electron chi connectivity index (χ4n) is 2.89. The first kappa shape index (κ1) is 16.1. The minimum absolute atomic E-state index is 0.0282. The number of nitrogens with one attached hydrogen (secondary N) is 1. The van der Waals surface area contributed by atoms with E-state index in [-0.39, 0.29) is 17.9 Å². The maximum absolute atomic E-state index is 9.58. The van der Waals surface area contributed by atoms with E-state index in [0.29, 0.717) is 17.1 Å². The van der Waals surface area contributed by atoms with Gasteiger partial charge in [-0.15, -0.1) is 0 Å². The van der Waals surface area contributed by atoms with Crippen molar-refractivity contribution in [1.82, 2.24) is 5.32 Å². The van der Waals surface area contributed by atoms with Crippen molar-refractivity contribution in [1.29, 1.82) is 0 Å². The first-order valence-electron chi connectivity index (χ1n) is 7.18. The Kier molecular flexibility index (Phi) is 5.45. The molecule has 1 aliphatic rings. The lowest BCUT2D eigenvalue weighted by Gasteiger charge is -2.26. The Morgan fingerprint density at radius 3 is 2.67 bits per heavy atom. The molecule has 0 aliphatic heterocycles. The number of aliphatic hydroxyl groups is 1. The number of nitrogens with zero attached hydrogens (tertiary/aromatic N) is 1. The lowest BCUT2D eigenvalue weighted by atomic mass is 9.87. The highest BCUT2D eigenvalue weighted by Crippen LogP contribution is 2.37. The summed E-state index contributed by atoms with van der Waals surface area (Å²) in [5.41, 5.74) is 7.10. The van der Waals surface area contributed by atoms with Gasteiger partial charge in [-0.25, -0.2) is 0 Å². The van der Waals surface area contributed by atoms with Crippen LogP contribution >= 0.6 is 11.6 Å². The third-order valence-electron chi connectivity index (χ3n) is 4.27. The minimum Gasteiger partial charge on any atom is -0.409 e. The summed E-state index contributed by atoms with van der Waals surface area (Å²) in [6.07, 6.45) is 4.54. The summed E-state index contributed by atoms with van der Waals surface area (Å²) >= 11 is 6.21. The summed E-state index contributed by atoms with van der Waals surface area (Å²) in [5, 5.41) is 25.1. The normalized spacial score (nSPS) is 18.1. The van der Waals surface area contributed by atoms with E-state index in [2.05, 4.69) is 10.5 Å². The summed E-state index contributed by atoms with van der Waals surface area (Å²) in [6.45, 7) is 1.66. The molecule has 0 amide bonds. The fraction of sp³-hybridized carbons (Fsp3) is 0.533. The zero-order valence-corrected chi connectivity index (χ0v) is 12.7. The summed E-state index contributed by atoms with van der Waals surface area (Å²) in [7, 11) is 0. The number of hydrogen-bond acceptors (Lipinski definition) is 4. The van der Waals surface area contributed by atoms with E-state index in [1.807, 2.05) is 6.07 Å². The molecule has 0 heterocycles. The first-order chi connectivity index (χ1) is 10.1. The van der Waals surface area contributed by atoms with E-state index in [9.17, 15) is 5.11 Å². The van der Waals surface area contributed by atoms with Crippen molar-refractivity contribution in [2.45, 2.75) is 32.2 Å². The Bertz CT molecular complexity index is 514. The van der Waals surface area contributed by atoms with Crippen LogP contribution in [0.1, 0.15) is 36.8 Å². The van der Waals surface area contributed by atoms with Crippen molar-refractivity contribution in [2.24, 2.45) is 16.3 Å². The van der Waals surface area contributed by atoms with E-state index in [4.69, 9.17) is 22.5 Å². The van der Waals surface area contributed by atoms with E-state index < -0.39 is 0 Å². The maximum Gasteiger partial charge on any atom is 0.170 e. The number of aliphatic hydroxyl groups excluding tert-OH is 1. The van der Waals surface area contributed by atoms with Crippen LogP contribution < -0.4 is 11.1 Å². The molecule has 5 nitrogen and oxygen atoms in total. The monoisotopic (exact) mass is 311 g/mol. The number of amidine groups is 1. The Labute approximate surface area is 129 Å². The van der Waals surface area contributed by atoms with Gasteiger partial charge < -0.3 is 21.4 Å². The van der Waals surface area contributed by atoms with Gasteiger partial charge in [0.15, 0.2) is 5.84 Å². The molecule has 21 heavy (non-hydrogen) atoms. The lowest BCUT2D eigenvalue weighted by Crippen LogP contribution is -2.34. The molecule has 2 rings (SSSR count). The van der Waals surface area contributed by atoms with Crippen LogP contribution in [0.4, 0.5) is 0 Å². The molecule has 0 radical (unpaired) electrons. The average molecular weight is 312 g/mol. The van der Waals surface area contributed by atoms with Gasteiger partial charge in [-0.05, 0) is 24.5 Å². The van der Waals surface area contributed by atoms with Crippen molar-refractivity contribution in [3.8, 4) is 0 Å². The molecule has 0 spiro atoms. The smallest absolute Gasteiger partial charge is 0.170 e. The van der Waals surface area contributed by atoms with Gasteiger partial charge in [-0.2, -0.15) is 0 Å². The number of hydrogen-bond donors (Lipinski definition) is 4. The van der Waals surface area contributed by atoms with E-state index >= 15 is 0 Å². The van der Waals surface area contributed by atoms with Crippen LogP contribution in [-0.2, 0) is 6.54 Å². The molecule has 0 saturated heterocycles. The number of oxime groups is 1. The van der Waals surface area contributed by atoms with E-state index in [0.717, 1.165) is 24.9 Å². The largest absolute Gasteiger partial charge is 0.409 e. The molecular formula is C15H22ClN3O2. The van der Waals surface area contributed by atoms with Crippen molar-refractivity contribution >= 4 is 17.4 Å². The second kappa shape index (κ2) is 7.11. The second-order valence-electron chi connectivity index (χ2n) is 5.76. The summed E-state index contributed by atoms with van der Waals surface area (Å²) in [4.78, 5) is 0. The van der Waals surface area contributed by atoms with Gasteiger partial charge in [0.1, 0.15) is 0 Å². The zero-order chi connectivity index (χ0) is 15.3. The molecule has 1 aromatic rings. The quantitative estimate of drug-likeness (QED) is 0.280. The summed E-state index contributed by atoms with van der Waals surface area (Å²) in [5.74, 6) is 0.0431. The maximum atomic E-state index is 9.58. The fourth-order valence-corrected chi connectivity index (χ4v) is 3.13. The minimum atomic E-state index is 0.0282. The van der Waals surface area contributed by atoms with Crippen LogP contribution in [0.5, 0.6) is 0 Å². The topological polar surface area (TPSA) is 90.9 Å². The Balaban J connectivity index is 1.94. The molecule has 6 heteroatoms. The summed E-state index contributed by atoms with van der Waals surface area (Å²) < 4.78 is 0. The van der Waals surface area contributed by atoms with Crippen LogP contribution in [-0.4, -0.2) is 29.3 Å². The molecule has 1 aliphatic carbocycles. The number of halogens is 1. The predicted molar refractivity (Wildman–Crippen MR) is 83.7 cm³/mol. The van der Waals surface area contributed by atoms with Crippen LogP contribution in [0, 0.1) is 5.41 Å². The number of benzene rings is 1. The van der Waals surface area contributed by atoms with Gasteiger partial charge in [-0.3, -0.25) is 0 Å². The number of rotatable bonds is 6. The molecule has 5 N–H and O–H groups in total. The highest BCUT2D eigenvalue weighted by atomic mass is 35.5. The van der Waals surface area contributed by atoms with Crippen molar-refractivity contribution < 1.29 is 10.3 Å². The zero-order valence-electron chi connectivity index (χ0n) is 12.0. The SMILES string of the molecule is N/C(=N/O)c1ccc(CNCC2(CO)CCCC2)c(Cl)c1. The molecule has 1 fully saturated rings. The van der Waals surface area contributed by atoms with Gasteiger partial charge in [0.25, 0.3) is 0 Å². The Hall–Kier alpha value is -1.30. The third kappa shape index (κ3) is 3.87. The van der Waals surface area contributed by atoms with Crippen molar-refractivity contribution in [3.63, 3.8) is 0 Å². The Morgan fingerprint density at radius 2 is 2.10 bits per heavy atom. The molecular weight excluding hydrogens is 290 g/mol. The standard InChI is InChI=1S/C15H22ClN3O2/c16-13-7-11(14(17)19-21)3-4-12(13)8-18-9-15(10-20)5-1-2-6-15/h3-4,7,18,20-21H,1-2,5-6,8-10H2,(H2,17,19). The van der Waals surface area contributed by atoms with Crippen LogP contribution in [0.25, 0.3) is 0 Å². The highest BCUT2D eigenvalue weighted by Gasteiger charge is 2.32. The second-order valence-corrected chi connectivity index (χ2v) is 6.17. The number of nitrogens with two attached hydrogens (primary N) is 1. The molecule has 0 bridgehead atoms. The Morgan fingerprint density at radius 1 is 1.38 bits per heavy atom. The highest BCUT2D eigenvalue weighted by molar-refractivity contribution is 6.31. The molecule has 0 atom stereocenters. The first-order valence-corrected chi connectivity index (χ1v) is 7.56. The predicted octanol–water partition coefficient (Wildman–Crippen LogP) is 2.08. The molecule has 0 aromatic heterocycles. The molecule has 0 unspecified atom stereocenters. The van der Waals surface area contributed by atoms with E-state index in [1.54, 1.807) is 12.1 Å². The van der Waals surface area contributed by atoms with Crippen LogP contribution in [0.3, 0.4) is 0 Å². The van der Waals surface area contributed by atoms with Gasteiger partial charge in [0, 0.05) is 35.7 Å². The van der Waals surface area contributed by atoms with Gasteiger partial charge >= 0.3 is 0 Å². The molecule has 1 saturated carbocycles. The van der Waals surface area contributed by atoms with Crippen LogP contribution in [0.15, 0.2) is 23.4 Å². The van der Waals surface area contributed by atoms with Gasteiger partial charge in [0.05, 0.1) is 0 Å². The van der Waals surface area contributed by atoms with Crippen LogP contribution in [0.2, 0.25) is 5.02 Å². The molecule has 1 aromatic carbocycles. The average Bonchev–Trinajstić information content (AvgIpc) is 2.97. The van der Waals surface area contributed by atoms with Gasteiger partial charge in [0.2, 0.25) is 0 Å². The summed E-state index contributed by atoms with van der Waals surface area (Å²) in [6, 6.07) is 5.32. The lowest BCUT2D eigenvalue weighted by molar-refractivity contribution is 0.128. The van der Waals surface area contributed by atoms with E-state index in [1.165, 1.54) is 12.8 Å². The van der Waals surface area contributed by atoms with Crippen molar-refractivity contribution in [2.75, 3.05) is 13.2 Å². The van der Waals surface area contributed by atoms with Crippen molar-refractivity contribution in [3.05, 3.63) is 34.3 Å². The third-order valence-corrected chi connectivity index (χ3v) is 4.62. The van der Waals surface area contributed by atoms with Gasteiger partial charge in [-0.1, -0.05) is 41.7 Å². The molecule has 116 valence electrons.